The lowest BCUT2D eigenvalue weighted by molar-refractivity contribution is -0.124. The summed E-state index contributed by atoms with van der Waals surface area (Å²) in [5.74, 6) is -1.80. The monoisotopic (exact) mass is 306 g/mol. The predicted molar refractivity (Wildman–Crippen MR) is 72.7 cm³/mol. The van der Waals surface area contributed by atoms with E-state index in [1.54, 1.807) is 0 Å². The van der Waals surface area contributed by atoms with Crippen molar-refractivity contribution in [2.24, 2.45) is 5.92 Å². The van der Waals surface area contributed by atoms with Crippen LogP contribution in [-0.4, -0.2) is 50.0 Å². The number of likely N-dealkylation sites (tertiary alicyclic amines) is 1. The quantitative estimate of drug-likeness (QED) is 0.777. The lowest BCUT2D eigenvalue weighted by atomic mass is 9.72. The van der Waals surface area contributed by atoms with E-state index in [1.807, 2.05) is 0 Å². The van der Waals surface area contributed by atoms with Crippen LogP contribution in [0, 0.1) is 5.92 Å². The summed E-state index contributed by atoms with van der Waals surface area (Å²) < 4.78 is 38.0. The number of halogens is 3. The Morgan fingerprint density at radius 3 is 2.48 bits per heavy atom. The van der Waals surface area contributed by atoms with Gasteiger partial charge < -0.3 is 28.5 Å². The highest BCUT2D eigenvalue weighted by Gasteiger charge is 2.41. The van der Waals surface area contributed by atoms with Crippen LogP contribution in [0.5, 0.6) is 0 Å². The second-order valence-corrected chi connectivity index (χ2v) is 5.83. The topological polar surface area (TPSA) is 61.4 Å². The summed E-state index contributed by atoms with van der Waals surface area (Å²) in [6.07, 6.45) is 2.18. The molecule has 5 nitrogen and oxygen atoms in total. The number of carbonyl (C=O) groups excluding carboxylic acids is 2. The average molecular weight is 306 g/mol. The van der Waals surface area contributed by atoms with Crippen LogP contribution in [0.3, 0.4) is 0 Å². The number of hydrogen-bond acceptors (Lipinski definition) is 2. The van der Waals surface area contributed by atoms with Crippen molar-refractivity contribution in [3.05, 3.63) is 0 Å². The third-order valence-electron chi connectivity index (χ3n) is 4.45. The van der Waals surface area contributed by atoms with Crippen LogP contribution in [-0.2, 0) is 4.79 Å². The maximum Gasteiger partial charge on any atom is 0.483 e. The molecular formula is C12H20BF3N3O2-. The van der Waals surface area contributed by atoms with E-state index in [0.29, 0.717) is 12.8 Å². The van der Waals surface area contributed by atoms with Gasteiger partial charge in [-0.3, -0.25) is 4.79 Å². The average Bonchev–Trinajstić information content (AvgIpc) is 3.05. The first-order chi connectivity index (χ1) is 9.82. The van der Waals surface area contributed by atoms with Gasteiger partial charge in [-0.2, -0.15) is 0 Å². The van der Waals surface area contributed by atoms with Gasteiger partial charge in [0.25, 0.3) is 0 Å². The molecule has 0 bridgehead atoms. The van der Waals surface area contributed by atoms with Crippen LogP contribution in [0.1, 0.15) is 25.7 Å². The summed E-state index contributed by atoms with van der Waals surface area (Å²) >= 11 is 0. The van der Waals surface area contributed by atoms with Crippen LogP contribution in [0.2, 0.25) is 5.82 Å². The zero-order chi connectivity index (χ0) is 15.6. The molecule has 2 aliphatic rings. The van der Waals surface area contributed by atoms with Crippen molar-refractivity contribution in [2.45, 2.75) is 37.5 Å². The number of nitrogens with one attached hydrogen (secondary N) is 2. The molecule has 0 radical (unpaired) electrons. The van der Waals surface area contributed by atoms with Crippen molar-refractivity contribution >= 4 is 18.9 Å². The smallest absolute Gasteiger partial charge is 0.449 e. The van der Waals surface area contributed by atoms with Crippen molar-refractivity contribution in [2.75, 3.05) is 20.1 Å². The molecule has 2 rings (SSSR count). The Balaban J connectivity index is 1.89. The van der Waals surface area contributed by atoms with Crippen molar-refractivity contribution in [1.29, 1.82) is 0 Å². The molecule has 1 saturated carbocycles. The Bertz CT molecular complexity index is 419. The molecule has 120 valence electrons. The highest BCUT2D eigenvalue weighted by Crippen LogP contribution is 2.35. The van der Waals surface area contributed by atoms with E-state index in [1.165, 1.54) is 11.9 Å². The van der Waals surface area contributed by atoms with Gasteiger partial charge in [0, 0.05) is 26.2 Å². The summed E-state index contributed by atoms with van der Waals surface area (Å²) in [5, 5.41) is 5.28. The molecule has 1 aliphatic heterocycles. The fourth-order valence-electron chi connectivity index (χ4n) is 3.16. The van der Waals surface area contributed by atoms with Crippen LogP contribution in [0.15, 0.2) is 0 Å². The highest BCUT2D eigenvalue weighted by atomic mass is 19.4. The van der Waals surface area contributed by atoms with E-state index < -0.39 is 18.8 Å². The zero-order valence-electron chi connectivity index (χ0n) is 11.9. The van der Waals surface area contributed by atoms with Gasteiger partial charge >= 0.3 is 13.0 Å². The van der Waals surface area contributed by atoms with Gasteiger partial charge in [-0.05, 0) is 12.8 Å². The minimum Gasteiger partial charge on any atom is -0.449 e. The number of carbonyl (C=O) groups is 2. The van der Waals surface area contributed by atoms with Gasteiger partial charge in [-0.25, -0.2) is 4.79 Å². The molecule has 9 heteroatoms. The molecule has 1 aliphatic carbocycles. The fourth-order valence-corrected chi connectivity index (χ4v) is 3.16. The standard InChI is InChI=1S/C12H20BF3N3O2/c1-17-11(20)9-3-2-4-10(9)18-12(21)19-6-5-8(7-19)13(14,15)16/h8-10H,2-7H2,1H3,(H,17,20)(H,18,21)/q-1. The van der Waals surface area contributed by atoms with E-state index in [0.717, 1.165) is 6.42 Å². The summed E-state index contributed by atoms with van der Waals surface area (Å²) in [4.78, 5) is 24.9. The van der Waals surface area contributed by atoms with Gasteiger partial charge in [0.15, 0.2) is 0 Å². The Morgan fingerprint density at radius 2 is 1.90 bits per heavy atom. The molecule has 3 atom stereocenters. The van der Waals surface area contributed by atoms with E-state index in [9.17, 15) is 22.5 Å². The van der Waals surface area contributed by atoms with Crippen LogP contribution >= 0.6 is 0 Å². The molecule has 3 amide bonds. The lowest BCUT2D eigenvalue weighted by Gasteiger charge is -2.25. The van der Waals surface area contributed by atoms with E-state index in [2.05, 4.69) is 10.6 Å². The number of nitrogens with zero attached hydrogens (tertiary/aromatic N) is 1. The largest absolute Gasteiger partial charge is 0.483 e. The third kappa shape index (κ3) is 3.62. The molecule has 0 aromatic carbocycles. The molecule has 2 N–H and O–H groups in total. The van der Waals surface area contributed by atoms with Gasteiger partial charge in [0.2, 0.25) is 5.91 Å². The predicted octanol–water partition coefficient (Wildman–Crippen LogP) is 1.53. The van der Waals surface area contributed by atoms with E-state index in [-0.39, 0.29) is 37.4 Å². The van der Waals surface area contributed by atoms with Crippen LogP contribution < -0.4 is 10.6 Å². The second kappa shape index (κ2) is 6.15. The highest BCUT2D eigenvalue weighted by molar-refractivity contribution is 6.60. The van der Waals surface area contributed by atoms with Crippen LogP contribution in [0.4, 0.5) is 17.7 Å². The number of hydrogen-bond donors (Lipinski definition) is 2. The van der Waals surface area contributed by atoms with Crippen molar-refractivity contribution in [3.63, 3.8) is 0 Å². The Labute approximate surface area is 121 Å². The normalized spacial score (nSPS) is 29.5. The molecule has 0 aromatic rings. The summed E-state index contributed by atoms with van der Waals surface area (Å²) in [7, 11) is 1.54. The number of rotatable bonds is 3. The maximum atomic E-state index is 12.7. The summed E-state index contributed by atoms with van der Waals surface area (Å²) in [6.45, 7) is -5.05. The van der Waals surface area contributed by atoms with Crippen molar-refractivity contribution in [3.8, 4) is 0 Å². The number of urea groups is 1. The minimum absolute atomic E-state index is 0.0273. The summed E-state index contributed by atoms with van der Waals surface area (Å²) in [5.41, 5.74) is 0. The molecule has 21 heavy (non-hydrogen) atoms. The van der Waals surface area contributed by atoms with E-state index in [4.69, 9.17) is 0 Å². The second-order valence-electron chi connectivity index (χ2n) is 5.83. The molecule has 0 aromatic heterocycles. The minimum atomic E-state index is -4.90. The Morgan fingerprint density at radius 1 is 1.19 bits per heavy atom. The molecular weight excluding hydrogens is 286 g/mol. The first-order valence-corrected chi connectivity index (χ1v) is 7.30. The molecule has 1 saturated heterocycles. The van der Waals surface area contributed by atoms with Gasteiger partial charge in [0.1, 0.15) is 0 Å². The van der Waals surface area contributed by atoms with E-state index >= 15 is 0 Å². The molecule has 0 spiro atoms. The molecule has 2 fully saturated rings. The van der Waals surface area contributed by atoms with Crippen molar-refractivity contribution < 1.29 is 22.5 Å². The molecule has 1 heterocycles. The van der Waals surface area contributed by atoms with Crippen LogP contribution in [0.25, 0.3) is 0 Å². The Hall–Kier alpha value is -1.41. The molecule has 3 unspecified atom stereocenters. The lowest BCUT2D eigenvalue weighted by Crippen LogP contribution is -2.48. The third-order valence-corrected chi connectivity index (χ3v) is 4.45. The maximum absolute atomic E-state index is 12.7. The first-order valence-electron chi connectivity index (χ1n) is 7.30. The van der Waals surface area contributed by atoms with Gasteiger partial charge in [0.05, 0.1) is 5.92 Å². The first kappa shape index (κ1) is 16.0. The number of amides is 3. The SMILES string of the molecule is CNC(=O)C1CCCC1NC(=O)N1CCC([B-](F)(F)F)C1. The zero-order valence-corrected chi connectivity index (χ0v) is 11.9. The Kier molecular flexibility index (Phi) is 4.68. The fraction of sp³-hybridized carbons (Fsp3) is 0.833. The van der Waals surface area contributed by atoms with Crippen molar-refractivity contribution in [1.82, 2.24) is 15.5 Å². The van der Waals surface area contributed by atoms with Gasteiger partial charge in [-0.1, -0.05) is 18.7 Å². The van der Waals surface area contributed by atoms with Gasteiger partial charge in [-0.15, -0.1) is 0 Å². The summed E-state index contributed by atoms with van der Waals surface area (Å²) in [6, 6.07) is -0.772.